The molecule has 1 aromatic carbocycles. The van der Waals surface area contributed by atoms with Crippen molar-refractivity contribution in [1.29, 1.82) is 0 Å². The molecule has 0 N–H and O–H groups in total. The smallest absolute Gasteiger partial charge is 0.462 e. The van der Waals surface area contributed by atoms with E-state index in [0.717, 1.165) is 7.05 Å². The summed E-state index contributed by atoms with van der Waals surface area (Å²) in [6.45, 7) is 1.75. The number of halogens is 3. The second kappa shape index (κ2) is 6.67. The first-order valence-electron chi connectivity index (χ1n) is 6.43. The fraction of sp³-hybridized carbons (Fsp3) is 0.429. The van der Waals surface area contributed by atoms with Crippen LogP contribution in [0.5, 0.6) is 0 Å². The van der Waals surface area contributed by atoms with Crippen molar-refractivity contribution in [1.82, 2.24) is 0 Å². The lowest BCUT2D eigenvalue weighted by molar-refractivity contribution is -0.170. The Morgan fingerprint density at radius 1 is 1.18 bits per heavy atom. The van der Waals surface area contributed by atoms with Crippen molar-refractivity contribution in [2.75, 3.05) is 37.5 Å². The molecule has 8 heteroatoms. The van der Waals surface area contributed by atoms with Crippen LogP contribution >= 0.6 is 0 Å². The molecule has 0 aliphatic rings. The van der Waals surface area contributed by atoms with E-state index in [9.17, 15) is 22.8 Å². The Bertz CT molecular complexity index is 571. The second-order valence-corrected chi connectivity index (χ2v) is 4.68. The zero-order valence-corrected chi connectivity index (χ0v) is 12.7. The summed E-state index contributed by atoms with van der Waals surface area (Å²) in [5.74, 6) is -2.68. The third kappa shape index (κ3) is 3.90. The Hall–Kier alpha value is -2.25. The topological polar surface area (TPSA) is 49.9 Å². The number of hydrogen-bond acceptors (Lipinski definition) is 4. The van der Waals surface area contributed by atoms with Gasteiger partial charge in [-0.15, -0.1) is 0 Å². The van der Waals surface area contributed by atoms with E-state index in [1.165, 1.54) is 18.2 Å². The van der Waals surface area contributed by atoms with Crippen LogP contribution < -0.4 is 9.80 Å². The van der Waals surface area contributed by atoms with Gasteiger partial charge in [0.25, 0.3) is 0 Å². The summed E-state index contributed by atoms with van der Waals surface area (Å²) in [5.41, 5.74) is 0.525. The van der Waals surface area contributed by atoms with Crippen molar-refractivity contribution >= 4 is 23.3 Å². The van der Waals surface area contributed by atoms with Crippen LogP contribution in [0.15, 0.2) is 18.2 Å². The summed E-state index contributed by atoms with van der Waals surface area (Å²) in [6.07, 6.45) is -4.99. The Kier molecular flexibility index (Phi) is 5.40. The molecule has 0 spiro atoms. The van der Waals surface area contributed by atoms with Crippen molar-refractivity contribution in [2.24, 2.45) is 0 Å². The van der Waals surface area contributed by atoms with Crippen molar-refractivity contribution in [2.45, 2.75) is 13.1 Å². The molecule has 0 radical (unpaired) electrons. The Labute approximate surface area is 126 Å². The highest BCUT2D eigenvalue weighted by Gasteiger charge is 2.41. The molecule has 0 bridgehead atoms. The number of alkyl halides is 3. The normalized spacial score (nSPS) is 11.0. The summed E-state index contributed by atoms with van der Waals surface area (Å²) in [4.78, 5) is 25.3. The minimum atomic E-state index is -4.99. The lowest BCUT2D eigenvalue weighted by Crippen LogP contribution is -2.38. The number of nitrogens with zero attached hydrogens (tertiary/aromatic N) is 2. The Morgan fingerprint density at radius 3 is 2.23 bits per heavy atom. The van der Waals surface area contributed by atoms with Gasteiger partial charge in [0.2, 0.25) is 0 Å². The van der Waals surface area contributed by atoms with Gasteiger partial charge in [-0.2, -0.15) is 13.2 Å². The highest BCUT2D eigenvalue weighted by Crippen LogP contribution is 2.28. The van der Waals surface area contributed by atoms with E-state index in [1.54, 1.807) is 25.9 Å². The summed E-state index contributed by atoms with van der Waals surface area (Å²) in [5, 5.41) is 0. The summed E-state index contributed by atoms with van der Waals surface area (Å²) in [6, 6.07) is 4.00. The van der Waals surface area contributed by atoms with Crippen LogP contribution in [-0.4, -0.2) is 45.8 Å². The molecule has 0 aliphatic heterocycles. The first kappa shape index (κ1) is 17.8. The summed E-state index contributed by atoms with van der Waals surface area (Å²) in [7, 11) is 4.36. The van der Waals surface area contributed by atoms with E-state index in [0.29, 0.717) is 10.6 Å². The number of anilines is 2. The highest BCUT2D eigenvalue weighted by molar-refractivity contribution is 6.01. The number of benzene rings is 1. The van der Waals surface area contributed by atoms with Gasteiger partial charge in [0, 0.05) is 26.8 Å². The number of esters is 1. The van der Waals surface area contributed by atoms with Crippen molar-refractivity contribution < 1.29 is 27.5 Å². The van der Waals surface area contributed by atoms with E-state index < -0.39 is 18.1 Å². The molecular formula is C14H17F3N2O3. The van der Waals surface area contributed by atoms with Crippen LogP contribution in [0.1, 0.15) is 17.3 Å². The molecule has 1 aromatic rings. The Balaban J connectivity index is 3.27. The molecule has 0 aromatic heterocycles. The number of rotatable bonds is 4. The van der Waals surface area contributed by atoms with Gasteiger partial charge in [-0.3, -0.25) is 4.79 Å². The molecule has 1 rings (SSSR count). The molecule has 0 unspecified atom stereocenters. The first-order chi connectivity index (χ1) is 10.1. The average molecular weight is 318 g/mol. The zero-order valence-electron chi connectivity index (χ0n) is 12.7. The van der Waals surface area contributed by atoms with Gasteiger partial charge < -0.3 is 14.5 Å². The van der Waals surface area contributed by atoms with E-state index >= 15 is 0 Å². The van der Waals surface area contributed by atoms with E-state index in [1.807, 2.05) is 0 Å². The van der Waals surface area contributed by atoms with Crippen molar-refractivity contribution in [3.05, 3.63) is 23.8 Å². The van der Waals surface area contributed by atoms with Gasteiger partial charge in [-0.25, -0.2) is 4.79 Å². The quantitative estimate of drug-likeness (QED) is 0.800. The van der Waals surface area contributed by atoms with Crippen LogP contribution in [0.2, 0.25) is 0 Å². The highest BCUT2D eigenvalue weighted by atomic mass is 19.4. The standard InChI is InChI=1S/C14H17F3N2O3/c1-5-22-12(20)10-8-9(6-7-11(10)18(2)3)19(4)13(21)14(15,16)17/h6-8H,5H2,1-4H3. The lowest BCUT2D eigenvalue weighted by atomic mass is 10.1. The van der Waals surface area contributed by atoms with Gasteiger partial charge >= 0.3 is 18.1 Å². The minimum Gasteiger partial charge on any atom is -0.462 e. The van der Waals surface area contributed by atoms with Crippen LogP contribution in [0.25, 0.3) is 0 Å². The van der Waals surface area contributed by atoms with Gasteiger partial charge in [0.1, 0.15) is 0 Å². The molecule has 5 nitrogen and oxygen atoms in total. The number of amides is 1. The third-order valence-electron chi connectivity index (χ3n) is 2.89. The van der Waals surface area contributed by atoms with Gasteiger partial charge in [-0.05, 0) is 25.1 Å². The van der Waals surface area contributed by atoms with E-state index in [2.05, 4.69) is 0 Å². The zero-order chi connectivity index (χ0) is 17.1. The maximum atomic E-state index is 12.5. The summed E-state index contributed by atoms with van der Waals surface area (Å²) < 4.78 is 42.3. The molecule has 0 saturated carbocycles. The maximum Gasteiger partial charge on any atom is 0.471 e. The second-order valence-electron chi connectivity index (χ2n) is 4.68. The van der Waals surface area contributed by atoms with E-state index in [-0.39, 0.29) is 17.9 Å². The number of carbonyl (C=O) groups is 2. The third-order valence-corrected chi connectivity index (χ3v) is 2.89. The first-order valence-corrected chi connectivity index (χ1v) is 6.43. The molecule has 0 fully saturated rings. The predicted molar refractivity (Wildman–Crippen MR) is 76.2 cm³/mol. The molecule has 22 heavy (non-hydrogen) atoms. The molecule has 1 amide bonds. The number of ether oxygens (including phenoxy) is 1. The van der Waals surface area contributed by atoms with Crippen LogP contribution in [0, 0.1) is 0 Å². The van der Waals surface area contributed by atoms with Gasteiger partial charge in [0.15, 0.2) is 0 Å². The van der Waals surface area contributed by atoms with Crippen LogP contribution in [0.4, 0.5) is 24.5 Å². The van der Waals surface area contributed by atoms with Crippen LogP contribution in [-0.2, 0) is 9.53 Å². The summed E-state index contributed by atoms with van der Waals surface area (Å²) >= 11 is 0. The van der Waals surface area contributed by atoms with Crippen molar-refractivity contribution in [3.63, 3.8) is 0 Å². The largest absolute Gasteiger partial charge is 0.471 e. The number of carbonyl (C=O) groups excluding carboxylic acids is 2. The van der Waals surface area contributed by atoms with E-state index in [4.69, 9.17) is 4.74 Å². The molecule has 122 valence electrons. The molecule has 0 saturated heterocycles. The van der Waals surface area contributed by atoms with Gasteiger partial charge in [-0.1, -0.05) is 0 Å². The Morgan fingerprint density at radius 2 is 1.77 bits per heavy atom. The minimum absolute atomic E-state index is 0.0454. The molecule has 0 heterocycles. The number of hydrogen-bond donors (Lipinski definition) is 0. The fourth-order valence-corrected chi connectivity index (χ4v) is 1.80. The average Bonchev–Trinajstić information content (AvgIpc) is 2.44. The molecule has 0 atom stereocenters. The monoisotopic (exact) mass is 318 g/mol. The SMILES string of the molecule is CCOC(=O)c1cc(N(C)C(=O)C(F)(F)F)ccc1N(C)C. The lowest BCUT2D eigenvalue weighted by Gasteiger charge is -2.22. The predicted octanol–water partition coefficient (Wildman–Crippen LogP) is 2.45. The fourth-order valence-electron chi connectivity index (χ4n) is 1.80. The maximum absolute atomic E-state index is 12.5. The van der Waals surface area contributed by atoms with Crippen LogP contribution in [0.3, 0.4) is 0 Å². The molecule has 0 aliphatic carbocycles. The van der Waals surface area contributed by atoms with Crippen molar-refractivity contribution in [3.8, 4) is 0 Å². The van der Waals surface area contributed by atoms with Gasteiger partial charge in [0.05, 0.1) is 17.9 Å². The molecular weight excluding hydrogens is 301 g/mol.